The highest BCUT2D eigenvalue weighted by Gasteiger charge is 2.31. The number of hydrogen-bond donors (Lipinski definition) is 3. The number of ether oxygens (including phenoxy) is 1. The number of hydrogen-bond acceptors (Lipinski definition) is 6. The van der Waals surface area contributed by atoms with Gasteiger partial charge in [0.05, 0.1) is 29.6 Å². The number of methoxy groups -OCH3 is 1. The standard InChI is InChI=1S/C19H19ClN4O3S/c1-27-17-12(20)3-2-4-14(17)24-8-6-13(16(18(21)28)19(24)26)23-9-11-5-7-22-10-15(11)25/h2-5,7,10,23,25H,6,8-9H2,1H3,(H2,21,28). The zero-order chi connectivity index (χ0) is 20.3. The number of halogens is 1. The SMILES string of the molecule is COc1c(Cl)cccc1N1CCC(NCc2ccncc2O)=C(C(N)=S)C1=O. The Balaban J connectivity index is 1.91. The van der Waals surface area contributed by atoms with E-state index in [-0.39, 0.29) is 22.2 Å². The van der Waals surface area contributed by atoms with Crippen molar-refractivity contribution in [3.8, 4) is 11.5 Å². The van der Waals surface area contributed by atoms with Crippen molar-refractivity contribution in [3.63, 3.8) is 0 Å². The first-order valence-corrected chi connectivity index (χ1v) is 9.25. The minimum absolute atomic E-state index is 0.00264. The molecule has 0 spiro atoms. The first kappa shape index (κ1) is 19.9. The molecular weight excluding hydrogens is 400 g/mol. The molecule has 4 N–H and O–H groups in total. The van der Waals surface area contributed by atoms with E-state index in [1.54, 1.807) is 35.4 Å². The number of thiocarbonyl (C=S) groups is 1. The molecule has 0 radical (unpaired) electrons. The van der Waals surface area contributed by atoms with Gasteiger partial charge >= 0.3 is 0 Å². The number of para-hydroxylation sites is 1. The van der Waals surface area contributed by atoms with E-state index in [4.69, 9.17) is 34.3 Å². The van der Waals surface area contributed by atoms with E-state index < -0.39 is 0 Å². The van der Waals surface area contributed by atoms with Crippen LogP contribution in [-0.2, 0) is 11.3 Å². The zero-order valence-electron chi connectivity index (χ0n) is 15.1. The summed E-state index contributed by atoms with van der Waals surface area (Å²) in [4.78, 5) is 18.5. The van der Waals surface area contributed by atoms with Gasteiger partial charge in [-0.2, -0.15) is 0 Å². The maximum atomic E-state index is 13.1. The van der Waals surface area contributed by atoms with Gasteiger partial charge in [0.1, 0.15) is 10.7 Å². The van der Waals surface area contributed by atoms with Crippen LogP contribution in [0.4, 0.5) is 5.69 Å². The molecular formula is C19H19ClN4O3S. The highest BCUT2D eigenvalue weighted by Crippen LogP contribution is 2.37. The van der Waals surface area contributed by atoms with Crippen LogP contribution in [-0.4, -0.2) is 34.6 Å². The number of benzene rings is 1. The average Bonchev–Trinajstić information content (AvgIpc) is 2.67. The fourth-order valence-corrected chi connectivity index (χ4v) is 3.51. The molecule has 9 heteroatoms. The number of pyridine rings is 1. The summed E-state index contributed by atoms with van der Waals surface area (Å²) in [6.45, 7) is 0.704. The van der Waals surface area contributed by atoms with Crippen LogP contribution in [0.15, 0.2) is 47.9 Å². The number of aromatic nitrogens is 1. The van der Waals surface area contributed by atoms with Gasteiger partial charge < -0.3 is 25.8 Å². The van der Waals surface area contributed by atoms with E-state index >= 15 is 0 Å². The Kier molecular flexibility index (Phi) is 6.01. The first-order chi connectivity index (χ1) is 13.4. The minimum Gasteiger partial charge on any atom is -0.506 e. The topological polar surface area (TPSA) is 101 Å². The smallest absolute Gasteiger partial charge is 0.263 e. The van der Waals surface area contributed by atoms with Crippen molar-refractivity contribution in [2.75, 3.05) is 18.6 Å². The number of rotatable bonds is 6. The monoisotopic (exact) mass is 418 g/mol. The normalized spacial score (nSPS) is 14.2. The Morgan fingerprint density at radius 2 is 2.25 bits per heavy atom. The molecule has 0 saturated heterocycles. The molecule has 1 amide bonds. The first-order valence-electron chi connectivity index (χ1n) is 8.47. The van der Waals surface area contributed by atoms with Crippen LogP contribution in [0.1, 0.15) is 12.0 Å². The summed E-state index contributed by atoms with van der Waals surface area (Å²) in [5, 5.41) is 13.5. The molecule has 7 nitrogen and oxygen atoms in total. The molecule has 2 heterocycles. The third-order valence-corrected chi connectivity index (χ3v) is 4.92. The second-order valence-corrected chi connectivity index (χ2v) is 6.92. The lowest BCUT2D eigenvalue weighted by atomic mass is 10.0. The minimum atomic E-state index is -0.333. The van der Waals surface area contributed by atoms with E-state index in [1.807, 2.05) is 0 Å². The summed E-state index contributed by atoms with van der Waals surface area (Å²) in [5.74, 6) is 0.151. The molecule has 0 aliphatic carbocycles. The number of nitrogens with two attached hydrogens (primary N) is 1. The van der Waals surface area contributed by atoms with E-state index in [1.165, 1.54) is 13.3 Å². The lowest BCUT2D eigenvalue weighted by molar-refractivity contribution is -0.115. The molecule has 0 saturated carbocycles. The molecule has 28 heavy (non-hydrogen) atoms. The lowest BCUT2D eigenvalue weighted by Crippen LogP contribution is -2.43. The van der Waals surface area contributed by atoms with Crippen LogP contribution in [0.2, 0.25) is 5.02 Å². The molecule has 0 unspecified atom stereocenters. The molecule has 1 aromatic heterocycles. The van der Waals surface area contributed by atoms with Crippen molar-refractivity contribution in [2.45, 2.75) is 13.0 Å². The molecule has 0 atom stereocenters. The molecule has 1 aliphatic rings. The maximum absolute atomic E-state index is 13.1. The van der Waals surface area contributed by atoms with Crippen molar-refractivity contribution in [1.29, 1.82) is 0 Å². The summed E-state index contributed by atoms with van der Waals surface area (Å²) < 4.78 is 5.36. The second kappa shape index (κ2) is 8.45. The van der Waals surface area contributed by atoms with Crippen LogP contribution in [0.3, 0.4) is 0 Å². The predicted molar refractivity (Wildman–Crippen MR) is 112 cm³/mol. The van der Waals surface area contributed by atoms with Gasteiger partial charge in [-0.1, -0.05) is 29.9 Å². The van der Waals surface area contributed by atoms with Crippen LogP contribution < -0.4 is 20.7 Å². The number of aromatic hydroxyl groups is 1. The highest BCUT2D eigenvalue weighted by molar-refractivity contribution is 7.80. The van der Waals surface area contributed by atoms with Crippen molar-refractivity contribution < 1.29 is 14.6 Å². The lowest BCUT2D eigenvalue weighted by Gasteiger charge is -2.31. The summed E-state index contributed by atoms with van der Waals surface area (Å²) in [5.41, 5.74) is 7.93. The van der Waals surface area contributed by atoms with Gasteiger partial charge in [0.2, 0.25) is 0 Å². The maximum Gasteiger partial charge on any atom is 0.263 e. The molecule has 1 aliphatic heterocycles. The Labute approximate surface area is 172 Å². The average molecular weight is 419 g/mol. The van der Waals surface area contributed by atoms with Crippen molar-refractivity contribution in [2.24, 2.45) is 5.73 Å². The third kappa shape index (κ3) is 3.88. The van der Waals surface area contributed by atoms with Gasteiger partial charge in [-0.05, 0) is 18.2 Å². The molecule has 146 valence electrons. The number of amides is 1. The predicted octanol–water partition coefficient (Wildman–Crippen LogP) is 2.52. The summed E-state index contributed by atoms with van der Waals surface area (Å²) >= 11 is 11.3. The summed E-state index contributed by atoms with van der Waals surface area (Å²) in [7, 11) is 1.50. The van der Waals surface area contributed by atoms with Crippen molar-refractivity contribution in [1.82, 2.24) is 10.3 Å². The number of anilines is 1. The van der Waals surface area contributed by atoms with Crippen LogP contribution >= 0.6 is 23.8 Å². The van der Waals surface area contributed by atoms with Crippen LogP contribution in [0.5, 0.6) is 11.5 Å². The number of carbonyl (C=O) groups is 1. The number of nitrogens with zero attached hydrogens (tertiary/aromatic N) is 2. The Hall–Kier alpha value is -2.84. The largest absolute Gasteiger partial charge is 0.506 e. The van der Waals surface area contributed by atoms with Crippen molar-refractivity contribution in [3.05, 3.63) is 58.5 Å². The molecule has 3 rings (SSSR count). The third-order valence-electron chi connectivity index (χ3n) is 4.41. The Morgan fingerprint density at radius 3 is 2.93 bits per heavy atom. The van der Waals surface area contributed by atoms with Crippen LogP contribution in [0, 0.1) is 0 Å². The van der Waals surface area contributed by atoms with Gasteiger partial charge in [-0.3, -0.25) is 9.78 Å². The van der Waals surface area contributed by atoms with E-state index in [2.05, 4.69) is 10.3 Å². The Bertz CT molecular complexity index is 964. The molecule has 2 aromatic rings. The van der Waals surface area contributed by atoms with E-state index in [0.29, 0.717) is 47.2 Å². The quantitative estimate of drug-likeness (QED) is 0.619. The van der Waals surface area contributed by atoms with Gasteiger partial charge in [-0.15, -0.1) is 0 Å². The van der Waals surface area contributed by atoms with Gasteiger partial charge in [-0.25, -0.2) is 0 Å². The molecule has 1 aromatic carbocycles. The fraction of sp³-hybridized carbons (Fsp3) is 0.211. The number of carbonyl (C=O) groups excluding carboxylic acids is 1. The number of nitrogens with one attached hydrogen (secondary N) is 1. The summed E-state index contributed by atoms with van der Waals surface area (Å²) in [6, 6.07) is 6.89. The van der Waals surface area contributed by atoms with E-state index in [9.17, 15) is 9.90 Å². The van der Waals surface area contributed by atoms with Gasteiger partial charge in [0.15, 0.2) is 5.75 Å². The molecule has 0 fully saturated rings. The highest BCUT2D eigenvalue weighted by atomic mass is 35.5. The second-order valence-electron chi connectivity index (χ2n) is 6.07. The van der Waals surface area contributed by atoms with Gasteiger partial charge in [0, 0.05) is 37.0 Å². The van der Waals surface area contributed by atoms with Crippen molar-refractivity contribution >= 4 is 40.4 Å². The molecule has 0 bridgehead atoms. The zero-order valence-corrected chi connectivity index (χ0v) is 16.7. The fourth-order valence-electron chi connectivity index (χ4n) is 3.05. The Morgan fingerprint density at radius 1 is 1.46 bits per heavy atom. The summed E-state index contributed by atoms with van der Waals surface area (Å²) in [6.07, 6.45) is 3.44. The van der Waals surface area contributed by atoms with E-state index in [0.717, 1.165) is 0 Å². The van der Waals surface area contributed by atoms with Crippen LogP contribution in [0.25, 0.3) is 0 Å². The van der Waals surface area contributed by atoms with Gasteiger partial charge in [0.25, 0.3) is 5.91 Å².